The molecule has 2 amide bonds. The van der Waals surface area contributed by atoms with Crippen molar-refractivity contribution in [3.63, 3.8) is 0 Å². The van der Waals surface area contributed by atoms with Crippen LogP contribution in [0.2, 0.25) is 0 Å². The fourth-order valence-corrected chi connectivity index (χ4v) is 4.60. The number of carboxylic acids is 1. The number of benzene rings is 1. The second-order valence-electron chi connectivity index (χ2n) is 6.87. The monoisotopic (exact) mass is 445 g/mol. The topological polar surface area (TPSA) is 162 Å². The van der Waals surface area contributed by atoms with Crippen molar-refractivity contribution in [1.82, 2.24) is 10.2 Å². The number of carbonyl (C=O) groups excluding carboxylic acids is 3. The molecular weight excluding hydrogens is 426 g/mol. The maximum Gasteiger partial charge on any atom is 0.352 e. The zero-order valence-electron chi connectivity index (χ0n) is 16.5. The summed E-state index contributed by atoms with van der Waals surface area (Å²) in [5.74, 6) is -2.45. The number of nitrogens with zero attached hydrogens (tertiary/aromatic N) is 4. The third kappa shape index (κ3) is 4.98. The molecule has 1 aromatic carbocycles. The van der Waals surface area contributed by atoms with Crippen molar-refractivity contribution in [3.8, 4) is 0 Å². The average Bonchev–Trinajstić information content (AvgIpc) is 2.74. The Hall–Kier alpha value is -3.50. The van der Waals surface area contributed by atoms with Gasteiger partial charge in [-0.3, -0.25) is 19.3 Å². The van der Waals surface area contributed by atoms with Crippen LogP contribution in [-0.2, 0) is 36.9 Å². The van der Waals surface area contributed by atoms with E-state index in [0.717, 1.165) is 16.0 Å². The minimum Gasteiger partial charge on any atom is -0.477 e. The van der Waals surface area contributed by atoms with E-state index in [1.807, 2.05) is 0 Å². The van der Waals surface area contributed by atoms with Crippen molar-refractivity contribution in [2.45, 2.75) is 31.3 Å². The number of rotatable bonds is 8. The molecule has 0 aromatic heterocycles. The maximum atomic E-state index is 12.6. The predicted octanol–water partition coefficient (Wildman–Crippen LogP) is 1.34. The standard InChI is InChI=1S/C19H19N5O6S/c1-10(25)30-8-13-9-31-18-15(17(27)24(18)16(13)19(28)29)22-14(26)6-11-2-4-12(5-3-11)7-21-23-20/h2-5,15,18H,6-9H2,1H3,(H,22,26)(H,28,29). The largest absolute Gasteiger partial charge is 0.477 e. The molecule has 11 nitrogen and oxygen atoms in total. The quantitative estimate of drug-likeness (QED) is 0.200. The molecule has 2 aliphatic rings. The number of thioether (sulfide) groups is 1. The summed E-state index contributed by atoms with van der Waals surface area (Å²) >= 11 is 1.30. The number of nitrogens with one attached hydrogen (secondary N) is 1. The molecule has 2 atom stereocenters. The number of amides is 2. The molecule has 0 aliphatic carbocycles. The number of carbonyl (C=O) groups is 4. The molecule has 0 bridgehead atoms. The summed E-state index contributed by atoms with van der Waals surface area (Å²) in [6.07, 6.45) is 0.0439. The van der Waals surface area contributed by atoms with Crippen LogP contribution in [0.1, 0.15) is 18.1 Å². The highest BCUT2D eigenvalue weighted by atomic mass is 32.2. The van der Waals surface area contributed by atoms with Crippen LogP contribution < -0.4 is 5.32 Å². The first-order chi connectivity index (χ1) is 14.8. The number of esters is 1. The van der Waals surface area contributed by atoms with E-state index in [2.05, 4.69) is 15.3 Å². The summed E-state index contributed by atoms with van der Waals surface area (Å²) in [6, 6.07) is 6.14. The van der Waals surface area contributed by atoms with Crippen molar-refractivity contribution in [2.24, 2.45) is 5.11 Å². The maximum absolute atomic E-state index is 12.6. The highest BCUT2D eigenvalue weighted by Crippen LogP contribution is 2.40. The lowest BCUT2D eigenvalue weighted by Crippen LogP contribution is -2.70. The summed E-state index contributed by atoms with van der Waals surface area (Å²) in [4.78, 5) is 51.5. The lowest BCUT2D eigenvalue weighted by molar-refractivity contribution is -0.151. The molecule has 1 saturated heterocycles. The van der Waals surface area contributed by atoms with E-state index in [-0.39, 0.29) is 36.9 Å². The minimum absolute atomic E-state index is 0.0439. The molecule has 2 aliphatic heterocycles. The molecular formula is C19H19N5O6S. The van der Waals surface area contributed by atoms with Crippen molar-refractivity contribution < 1.29 is 29.0 Å². The summed E-state index contributed by atoms with van der Waals surface area (Å²) in [5.41, 5.74) is 10.0. The number of β-lactam (4-membered cyclic amide) rings is 1. The molecule has 31 heavy (non-hydrogen) atoms. The van der Waals surface area contributed by atoms with Gasteiger partial charge in [0.25, 0.3) is 5.91 Å². The van der Waals surface area contributed by atoms with Crippen molar-refractivity contribution in [1.29, 1.82) is 0 Å². The summed E-state index contributed by atoms with van der Waals surface area (Å²) in [7, 11) is 0. The Kier molecular flexibility index (Phi) is 6.83. The molecule has 162 valence electrons. The fraction of sp³-hybridized carbons (Fsp3) is 0.368. The zero-order valence-corrected chi connectivity index (χ0v) is 17.3. The number of ether oxygens (including phenoxy) is 1. The van der Waals surface area contributed by atoms with Gasteiger partial charge in [-0.1, -0.05) is 29.4 Å². The molecule has 2 N–H and O–H groups in total. The number of hydrogen-bond acceptors (Lipinski definition) is 7. The molecule has 1 fully saturated rings. The summed E-state index contributed by atoms with van der Waals surface area (Å²) in [6.45, 7) is 1.23. The Morgan fingerprint density at radius 1 is 1.32 bits per heavy atom. The first kappa shape index (κ1) is 22.2. The Labute approximate surface area is 181 Å². The third-order valence-electron chi connectivity index (χ3n) is 4.72. The molecule has 2 heterocycles. The van der Waals surface area contributed by atoms with Gasteiger partial charge in [0.1, 0.15) is 23.7 Å². The van der Waals surface area contributed by atoms with E-state index in [1.165, 1.54) is 18.7 Å². The Morgan fingerprint density at radius 3 is 2.61 bits per heavy atom. The van der Waals surface area contributed by atoms with E-state index in [9.17, 15) is 24.3 Å². The molecule has 2 unspecified atom stereocenters. The second-order valence-corrected chi connectivity index (χ2v) is 7.98. The van der Waals surface area contributed by atoms with Crippen LogP contribution in [0.3, 0.4) is 0 Å². The minimum atomic E-state index is -1.29. The van der Waals surface area contributed by atoms with Gasteiger partial charge in [0.05, 0.1) is 13.0 Å². The molecule has 1 aromatic rings. The van der Waals surface area contributed by atoms with E-state index >= 15 is 0 Å². The Balaban J connectivity index is 1.63. The lowest BCUT2D eigenvalue weighted by Gasteiger charge is -2.49. The summed E-state index contributed by atoms with van der Waals surface area (Å²) in [5, 5.41) is 15.1. The number of fused-ring (bicyclic) bond motifs is 1. The van der Waals surface area contributed by atoms with Crippen LogP contribution in [0.5, 0.6) is 0 Å². The van der Waals surface area contributed by atoms with E-state index in [1.54, 1.807) is 24.3 Å². The van der Waals surface area contributed by atoms with Crippen LogP contribution in [0, 0.1) is 0 Å². The van der Waals surface area contributed by atoms with Gasteiger partial charge >= 0.3 is 11.9 Å². The lowest BCUT2D eigenvalue weighted by atomic mass is 10.0. The van der Waals surface area contributed by atoms with Crippen LogP contribution in [0.15, 0.2) is 40.6 Å². The van der Waals surface area contributed by atoms with Gasteiger partial charge in [-0.15, -0.1) is 11.8 Å². The van der Waals surface area contributed by atoms with Gasteiger partial charge in [-0.25, -0.2) is 4.79 Å². The molecule has 0 radical (unpaired) electrons. The smallest absolute Gasteiger partial charge is 0.352 e. The van der Waals surface area contributed by atoms with Gasteiger partial charge in [0, 0.05) is 23.2 Å². The highest BCUT2D eigenvalue weighted by molar-refractivity contribution is 8.00. The second kappa shape index (κ2) is 9.54. The van der Waals surface area contributed by atoms with Gasteiger partial charge in [-0.2, -0.15) is 0 Å². The van der Waals surface area contributed by atoms with Crippen molar-refractivity contribution >= 4 is 35.5 Å². The number of carboxylic acid groups (broad SMARTS) is 1. The molecule has 0 saturated carbocycles. The van der Waals surface area contributed by atoms with Crippen LogP contribution >= 0.6 is 11.8 Å². The normalized spacial score (nSPS) is 19.6. The van der Waals surface area contributed by atoms with Gasteiger partial charge in [-0.05, 0) is 16.7 Å². The van der Waals surface area contributed by atoms with Crippen LogP contribution in [-0.4, -0.2) is 57.5 Å². The van der Waals surface area contributed by atoms with Gasteiger partial charge in [0.15, 0.2) is 0 Å². The SMILES string of the molecule is CC(=O)OCC1=C(C(=O)O)N2C(=O)C(NC(=O)Cc3ccc(CN=[N+]=[N-])cc3)C2SC1. The number of hydrogen-bond donors (Lipinski definition) is 2. The first-order valence-corrected chi connectivity index (χ1v) is 10.3. The zero-order chi connectivity index (χ0) is 22.5. The number of aliphatic carboxylic acids is 1. The van der Waals surface area contributed by atoms with Gasteiger partial charge in [0.2, 0.25) is 5.91 Å². The van der Waals surface area contributed by atoms with Crippen LogP contribution in [0.25, 0.3) is 10.4 Å². The fourth-order valence-electron chi connectivity index (χ4n) is 3.27. The molecule has 12 heteroatoms. The Morgan fingerprint density at radius 2 is 2.00 bits per heavy atom. The van der Waals surface area contributed by atoms with E-state index in [4.69, 9.17) is 10.3 Å². The van der Waals surface area contributed by atoms with Crippen LogP contribution in [0.4, 0.5) is 0 Å². The average molecular weight is 445 g/mol. The number of azide groups is 1. The summed E-state index contributed by atoms with van der Waals surface area (Å²) < 4.78 is 4.89. The van der Waals surface area contributed by atoms with Gasteiger partial charge < -0.3 is 15.2 Å². The van der Waals surface area contributed by atoms with Crippen molar-refractivity contribution in [3.05, 3.63) is 57.1 Å². The predicted molar refractivity (Wildman–Crippen MR) is 109 cm³/mol. The van der Waals surface area contributed by atoms with E-state index in [0.29, 0.717) is 5.57 Å². The Bertz CT molecular complexity index is 1000. The van der Waals surface area contributed by atoms with E-state index < -0.39 is 29.3 Å². The first-order valence-electron chi connectivity index (χ1n) is 9.23. The highest BCUT2D eigenvalue weighted by Gasteiger charge is 2.54. The third-order valence-corrected chi connectivity index (χ3v) is 6.06. The molecule has 3 rings (SSSR count). The van der Waals surface area contributed by atoms with Crippen molar-refractivity contribution in [2.75, 3.05) is 12.4 Å². The molecule has 0 spiro atoms.